The number of amides is 1. The Morgan fingerprint density at radius 3 is 2.92 bits per heavy atom. The van der Waals surface area contributed by atoms with E-state index in [1.165, 1.54) is 11.3 Å². The Hall–Kier alpha value is -2.56. The second-order valence-electron chi connectivity index (χ2n) is 7.07. The number of para-hydroxylation sites is 1. The van der Waals surface area contributed by atoms with Gasteiger partial charge in [0.25, 0.3) is 5.91 Å². The first kappa shape index (κ1) is 16.9. The van der Waals surface area contributed by atoms with Crippen LogP contribution in [0.1, 0.15) is 24.1 Å². The number of hydrogen-bond donors (Lipinski definition) is 0. The van der Waals surface area contributed by atoms with Gasteiger partial charge < -0.3 is 14.5 Å². The zero-order valence-corrected chi connectivity index (χ0v) is 15.2. The molecule has 5 nitrogen and oxygen atoms in total. The van der Waals surface area contributed by atoms with Gasteiger partial charge >= 0.3 is 0 Å². The number of hydrogen-bond acceptors (Lipinski definition) is 4. The van der Waals surface area contributed by atoms with E-state index in [9.17, 15) is 4.79 Å². The molecule has 136 valence electrons. The van der Waals surface area contributed by atoms with Crippen LogP contribution in [0, 0.1) is 6.92 Å². The van der Waals surface area contributed by atoms with Gasteiger partial charge in [-0.25, -0.2) is 0 Å². The van der Waals surface area contributed by atoms with E-state index in [1.54, 1.807) is 0 Å². The summed E-state index contributed by atoms with van der Waals surface area (Å²) in [4.78, 5) is 21.6. The molecule has 0 saturated carbocycles. The number of anilines is 1. The molecule has 0 N–H and O–H groups in total. The Bertz CT molecular complexity index is 792. The van der Waals surface area contributed by atoms with Gasteiger partial charge in [0.05, 0.1) is 0 Å². The summed E-state index contributed by atoms with van der Waals surface area (Å²) in [6, 6.07) is 12.2. The van der Waals surface area contributed by atoms with E-state index < -0.39 is 0 Å². The second-order valence-corrected chi connectivity index (χ2v) is 7.07. The fraction of sp³-hybridized carbons (Fsp3) is 0.429. The molecule has 3 heterocycles. The number of fused-ring (bicyclic) bond motifs is 1. The van der Waals surface area contributed by atoms with Crippen molar-refractivity contribution >= 4 is 11.6 Å². The van der Waals surface area contributed by atoms with Crippen molar-refractivity contribution in [3.63, 3.8) is 0 Å². The molecule has 2 aromatic rings. The van der Waals surface area contributed by atoms with Gasteiger partial charge in [0.1, 0.15) is 5.75 Å². The first-order chi connectivity index (χ1) is 12.7. The van der Waals surface area contributed by atoms with Crippen molar-refractivity contribution in [2.75, 3.05) is 31.1 Å². The third-order valence-electron chi connectivity index (χ3n) is 5.25. The molecule has 0 aliphatic carbocycles. The van der Waals surface area contributed by atoms with Crippen LogP contribution < -0.4 is 9.64 Å². The fourth-order valence-corrected chi connectivity index (χ4v) is 3.82. The van der Waals surface area contributed by atoms with Crippen molar-refractivity contribution in [3.8, 4) is 5.75 Å². The number of pyridine rings is 1. The SMILES string of the molecule is Cc1cc(N2CCCN(C(=O)[C@@H]3CCc4ccccc4O3)CC2)ccn1. The monoisotopic (exact) mass is 351 g/mol. The number of ether oxygens (including phenoxy) is 1. The third-order valence-corrected chi connectivity index (χ3v) is 5.25. The summed E-state index contributed by atoms with van der Waals surface area (Å²) in [6.07, 6.45) is 4.14. The van der Waals surface area contributed by atoms with Crippen LogP contribution in [-0.4, -0.2) is 48.1 Å². The van der Waals surface area contributed by atoms with Crippen LogP contribution in [0.25, 0.3) is 0 Å². The molecule has 0 spiro atoms. The highest BCUT2D eigenvalue weighted by Gasteiger charge is 2.30. The lowest BCUT2D eigenvalue weighted by Gasteiger charge is -2.30. The first-order valence-corrected chi connectivity index (χ1v) is 9.42. The quantitative estimate of drug-likeness (QED) is 0.835. The van der Waals surface area contributed by atoms with Crippen LogP contribution in [0.2, 0.25) is 0 Å². The molecule has 1 fully saturated rings. The Morgan fingerprint density at radius 1 is 1.15 bits per heavy atom. The zero-order chi connectivity index (χ0) is 17.9. The van der Waals surface area contributed by atoms with Gasteiger partial charge in [0.2, 0.25) is 0 Å². The summed E-state index contributed by atoms with van der Waals surface area (Å²) in [5.41, 5.74) is 3.41. The molecule has 2 aliphatic rings. The molecule has 4 rings (SSSR count). The number of carbonyl (C=O) groups excluding carboxylic acids is 1. The van der Waals surface area contributed by atoms with Crippen LogP contribution >= 0.6 is 0 Å². The van der Waals surface area contributed by atoms with Crippen LogP contribution in [0.4, 0.5) is 5.69 Å². The van der Waals surface area contributed by atoms with Gasteiger partial charge in [-0.1, -0.05) is 18.2 Å². The Labute approximate surface area is 154 Å². The highest BCUT2D eigenvalue weighted by Crippen LogP contribution is 2.28. The van der Waals surface area contributed by atoms with E-state index in [-0.39, 0.29) is 12.0 Å². The lowest BCUT2D eigenvalue weighted by Crippen LogP contribution is -2.45. The normalized spacial score (nSPS) is 20.1. The van der Waals surface area contributed by atoms with E-state index in [0.29, 0.717) is 0 Å². The predicted octanol–water partition coefficient (Wildman–Crippen LogP) is 2.82. The molecular weight excluding hydrogens is 326 g/mol. The van der Waals surface area contributed by atoms with Gasteiger partial charge in [-0.3, -0.25) is 9.78 Å². The zero-order valence-electron chi connectivity index (χ0n) is 15.2. The van der Waals surface area contributed by atoms with Gasteiger partial charge in [0.15, 0.2) is 6.10 Å². The molecule has 0 bridgehead atoms. The molecule has 1 aromatic carbocycles. The average Bonchev–Trinajstić information content (AvgIpc) is 2.93. The first-order valence-electron chi connectivity index (χ1n) is 9.42. The molecule has 1 saturated heterocycles. The number of carbonyl (C=O) groups is 1. The second kappa shape index (κ2) is 7.36. The predicted molar refractivity (Wildman–Crippen MR) is 102 cm³/mol. The molecular formula is C21H25N3O2. The summed E-state index contributed by atoms with van der Waals surface area (Å²) < 4.78 is 6.00. The molecule has 1 amide bonds. The summed E-state index contributed by atoms with van der Waals surface area (Å²) >= 11 is 0. The molecule has 5 heteroatoms. The minimum atomic E-state index is -0.348. The van der Waals surface area contributed by atoms with Crippen molar-refractivity contribution in [2.45, 2.75) is 32.3 Å². The Kier molecular flexibility index (Phi) is 4.78. The van der Waals surface area contributed by atoms with Crippen LogP contribution in [0.3, 0.4) is 0 Å². The minimum Gasteiger partial charge on any atom is -0.480 e. The summed E-state index contributed by atoms with van der Waals surface area (Å²) in [5, 5.41) is 0. The standard InChI is InChI=1S/C21H25N3O2/c1-16-15-18(9-10-22-16)23-11-4-12-24(14-13-23)21(25)20-8-7-17-5-2-3-6-19(17)26-20/h2-3,5-6,9-10,15,20H,4,7-8,11-14H2,1H3/t20-/m0/s1. The van der Waals surface area contributed by atoms with E-state index in [4.69, 9.17) is 4.74 Å². The van der Waals surface area contributed by atoms with E-state index in [0.717, 1.165) is 56.9 Å². The molecule has 0 unspecified atom stereocenters. The van der Waals surface area contributed by atoms with Gasteiger partial charge in [-0.2, -0.15) is 0 Å². The highest BCUT2D eigenvalue weighted by atomic mass is 16.5. The number of aryl methyl sites for hydroxylation is 2. The Morgan fingerprint density at radius 2 is 2.04 bits per heavy atom. The van der Waals surface area contributed by atoms with Crippen LogP contribution in [-0.2, 0) is 11.2 Å². The van der Waals surface area contributed by atoms with Crippen LogP contribution in [0.15, 0.2) is 42.6 Å². The van der Waals surface area contributed by atoms with Crippen LogP contribution in [0.5, 0.6) is 5.75 Å². The maximum Gasteiger partial charge on any atom is 0.263 e. The summed E-state index contributed by atoms with van der Waals surface area (Å²) in [7, 11) is 0. The number of rotatable bonds is 2. The van der Waals surface area contributed by atoms with Crippen molar-refractivity contribution < 1.29 is 9.53 Å². The largest absolute Gasteiger partial charge is 0.480 e. The fourth-order valence-electron chi connectivity index (χ4n) is 3.82. The topological polar surface area (TPSA) is 45.7 Å². The van der Waals surface area contributed by atoms with E-state index >= 15 is 0 Å². The van der Waals surface area contributed by atoms with Crippen molar-refractivity contribution in [1.29, 1.82) is 0 Å². The number of nitrogens with zero attached hydrogens (tertiary/aromatic N) is 3. The highest BCUT2D eigenvalue weighted by molar-refractivity contribution is 5.81. The summed E-state index contributed by atoms with van der Waals surface area (Å²) in [5.74, 6) is 0.994. The van der Waals surface area contributed by atoms with Gasteiger partial charge in [0, 0.05) is 43.8 Å². The number of aromatic nitrogens is 1. The molecule has 1 aromatic heterocycles. The van der Waals surface area contributed by atoms with Crippen molar-refractivity contribution in [3.05, 3.63) is 53.9 Å². The van der Waals surface area contributed by atoms with Crippen molar-refractivity contribution in [2.24, 2.45) is 0 Å². The lowest BCUT2D eigenvalue weighted by atomic mass is 10.0. The van der Waals surface area contributed by atoms with Crippen molar-refractivity contribution in [1.82, 2.24) is 9.88 Å². The van der Waals surface area contributed by atoms with E-state index in [2.05, 4.69) is 22.0 Å². The molecule has 0 radical (unpaired) electrons. The van der Waals surface area contributed by atoms with E-state index in [1.807, 2.05) is 42.3 Å². The maximum absolute atomic E-state index is 13.0. The molecule has 2 aliphatic heterocycles. The van der Waals surface area contributed by atoms with Gasteiger partial charge in [-0.15, -0.1) is 0 Å². The lowest BCUT2D eigenvalue weighted by molar-refractivity contribution is -0.139. The minimum absolute atomic E-state index is 0.132. The molecule has 1 atom stereocenters. The number of benzene rings is 1. The third kappa shape index (κ3) is 3.52. The summed E-state index contributed by atoms with van der Waals surface area (Å²) in [6.45, 7) is 5.35. The maximum atomic E-state index is 13.0. The molecule has 26 heavy (non-hydrogen) atoms. The Balaban J connectivity index is 1.40. The smallest absolute Gasteiger partial charge is 0.263 e. The van der Waals surface area contributed by atoms with Gasteiger partial charge in [-0.05, 0) is 49.9 Å². The average molecular weight is 351 g/mol.